The number of Topliss-reactive ketones (excluding diaryl/α,β-unsaturated/α-hetero) is 1. The van der Waals surface area contributed by atoms with Crippen LogP contribution in [0.1, 0.15) is 29.5 Å². The molecule has 0 fully saturated rings. The highest BCUT2D eigenvalue weighted by Crippen LogP contribution is 2.34. The number of nitrogens with one attached hydrogen (secondary N) is 1. The van der Waals surface area contributed by atoms with Gasteiger partial charge >= 0.3 is 6.09 Å². The number of furan rings is 1. The molecule has 0 bridgehead atoms. The first-order valence-electron chi connectivity index (χ1n) is 6.91. The van der Waals surface area contributed by atoms with Gasteiger partial charge in [-0.05, 0) is 30.2 Å². The number of carbonyl (C=O) groups excluding carboxylic acids is 2. The second-order valence-electron chi connectivity index (χ2n) is 5.36. The fraction of sp³-hybridized carbons (Fsp3) is 0.250. The van der Waals surface area contributed by atoms with Gasteiger partial charge in [-0.15, -0.1) is 0 Å². The van der Waals surface area contributed by atoms with Crippen molar-refractivity contribution in [3.05, 3.63) is 47.7 Å². The Morgan fingerprint density at radius 2 is 2.05 bits per heavy atom. The number of halogens is 1. The number of hydrogen-bond acceptors (Lipinski definition) is 4. The average Bonchev–Trinajstić information content (AvgIpc) is 2.84. The zero-order chi connectivity index (χ0) is 15.7. The molecule has 1 aromatic heterocycles. The van der Waals surface area contributed by atoms with Gasteiger partial charge in [-0.2, -0.15) is 0 Å². The van der Waals surface area contributed by atoms with E-state index in [-0.39, 0.29) is 17.5 Å². The number of fused-ring (bicyclic) bond motifs is 1. The van der Waals surface area contributed by atoms with Gasteiger partial charge in [0.15, 0.2) is 11.5 Å². The number of ketones is 1. The van der Waals surface area contributed by atoms with Crippen LogP contribution in [-0.2, 0) is 6.42 Å². The van der Waals surface area contributed by atoms with Gasteiger partial charge in [-0.25, -0.2) is 9.18 Å². The summed E-state index contributed by atoms with van der Waals surface area (Å²) in [6.45, 7) is 1.96. The van der Waals surface area contributed by atoms with E-state index in [0.717, 1.165) is 0 Å². The first kappa shape index (κ1) is 14.3. The highest BCUT2D eigenvalue weighted by Gasteiger charge is 2.30. The van der Waals surface area contributed by atoms with Crippen molar-refractivity contribution in [1.82, 2.24) is 0 Å². The van der Waals surface area contributed by atoms with Crippen molar-refractivity contribution in [2.24, 2.45) is 5.92 Å². The maximum Gasteiger partial charge on any atom is 0.417 e. The zero-order valence-corrected chi connectivity index (χ0v) is 11.9. The van der Waals surface area contributed by atoms with E-state index in [9.17, 15) is 14.0 Å². The Bertz CT molecular complexity index is 720. The van der Waals surface area contributed by atoms with Gasteiger partial charge in [0.05, 0.1) is 0 Å². The van der Waals surface area contributed by atoms with Crippen LogP contribution in [0.25, 0.3) is 0 Å². The quantitative estimate of drug-likeness (QED) is 0.916. The molecular weight excluding hydrogens is 289 g/mol. The van der Waals surface area contributed by atoms with Crippen LogP contribution in [0.15, 0.2) is 34.9 Å². The normalized spacial score (nSPS) is 17.0. The SMILES string of the molecule is CC1CC(=O)c2c(OC(=O)Nc3ccc(F)cc3)coc2C1. The molecule has 1 aliphatic rings. The Balaban J connectivity index is 1.72. The topological polar surface area (TPSA) is 68.5 Å². The van der Waals surface area contributed by atoms with Crippen molar-refractivity contribution in [2.45, 2.75) is 19.8 Å². The van der Waals surface area contributed by atoms with Gasteiger partial charge in [-0.3, -0.25) is 10.1 Å². The Labute approximate surface area is 126 Å². The predicted molar refractivity (Wildman–Crippen MR) is 76.6 cm³/mol. The third-order valence-corrected chi connectivity index (χ3v) is 3.47. The minimum Gasteiger partial charge on any atom is -0.465 e. The number of anilines is 1. The van der Waals surface area contributed by atoms with Crippen LogP contribution in [0.4, 0.5) is 14.9 Å². The van der Waals surface area contributed by atoms with Gasteiger partial charge in [0.2, 0.25) is 0 Å². The molecule has 1 N–H and O–H groups in total. The van der Waals surface area contributed by atoms with Gasteiger partial charge in [0, 0.05) is 18.5 Å². The minimum absolute atomic E-state index is 0.0907. The highest BCUT2D eigenvalue weighted by molar-refractivity contribution is 6.01. The Hall–Kier alpha value is -2.63. The maximum atomic E-state index is 12.8. The Morgan fingerprint density at radius 1 is 1.32 bits per heavy atom. The molecule has 6 heteroatoms. The van der Waals surface area contributed by atoms with E-state index in [0.29, 0.717) is 29.9 Å². The van der Waals surface area contributed by atoms with Crippen LogP contribution < -0.4 is 10.1 Å². The fourth-order valence-corrected chi connectivity index (χ4v) is 2.48. The molecule has 0 radical (unpaired) electrons. The van der Waals surface area contributed by atoms with Crippen LogP contribution in [0, 0.1) is 11.7 Å². The van der Waals surface area contributed by atoms with Crippen LogP contribution >= 0.6 is 0 Å². The summed E-state index contributed by atoms with van der Waals surface area (Å²) in [6, 6.07) is 5.27. The molecule has 1 atom stereocenters. The van der Waals surface area contributed by atoms with Crippen molar-refractivity contribution < 1.29 is 23.1 Å². The lowest BCUT2D eigenvalue weighted by Gasteiger charge is -2.16. The Kier molecular flexibility index (Phi) is 3.66. The Morgan fingerprint density at radius 3 is 2.77 bits per heavy atom. The minimum atomic E-state index is -0.762. The molecule has 0 spiro atoms. The predicted octanol–water partition coefficient (Wildman–Crippen LogP) is 3.79. The van der Waals surface area contributed by atoms with E-state index in [1.807, 2.05) is 6.92 Å². The number of hydrogen-bond donors (Lipinski definition) is 1. The van der Waals surface area contributed by atoms with Crippen molar-refractivity contribution in [3.63, 3.8) is 0 Å². The summed E-state index contributed by atoms with van der Waals surface area (Å²) in [5.74, 6) is 0.390. The number of carbonyl (C=O) groups is 2. The van der Waals surface area contributed by atoms with Crippen molar-refractivity contribution in [3.8, 4) is 5.75 Å². The molecule has 1 heterocycles. The van der Waals surface area contributed by atoms with E-state index in [1.165, 1.54) is 30.5 Å². The van der Waals surface area contributed by atoms with E-state index in [2.05, 4.69) is 5.32 Å². The first-order chi connectivity index (χ1) is 10.5. The molecule has 0 aliphatic heterocycles. The summed E-state index contributed by atoms with van der Waals surface area (Å²) < 4.78 is 23.3. The summed E-state index contributed by atoms with van der Waals surface area (Å²) in [5, 5.41) is 2.46. The van der Waals surface area contributed by atoms with Crippen LogP contribution in [0.2, 0.25) is 0 Å². The van der Waals surface area contributed by atoms with E-state index in [1.54, 1.807) is 0 Å². The number of ether oxygens (including phenoxy) is 1. The average molecular weight is 303 g/mol. The number of rotatable bonds is 2. The van der Waals surface area contributed by atoms with E-state index >= 15 is 0 Å². The summed E-state index contributed by atoms with van der Waals surface area (Å²) in [4.78, 5) is 23.9. The van der Waals surface area contributed by atoms with Gasteiger partial charge in [0.25, 0.3) is 0 Å². The summed E-state index contributed by atoms with van der Waals surface area (Å²) in [6.07, 6.45) is 1.55. The lowest BCUT2D eigenvalue weighted by molar-refractivity contribution is 0.0947. The fourth-order valence-electron chi connectivity index (χ4n) is 2.48. The highest BCUT2D eigenvalue weighted by atomic mass is 19.1. The zero-order valence-electron chi connectivity index (χ0n) is 11.9. The third-order valence-electron chi connectivity index (χ3n) is 3.47. The molecule has 1 aromatic carbocycles. The molecule has 114 valence electrons. The van der Waals surface area contributed by atoms with Crippen molar-refractivity contribution in [2.75, 3.05) is 5.32 Å². The lowest BCUT2D eigenvalue weighted by Crippen LogP contribution is -2.20. The smallest absolute Gasteiger partial charge is 0.417 e. The van der Waals surface area contributed by atoms with Crippen molar-refractivity contribution >= 4 is 17.6 Å². The number of amides is 1. The van der Waals surface area contributed by atoms with Crippen LogP contribution in [0.5, 0.6) is 5.75 Å². The van der Waals surface area contributed by atoms with E-state index in [4.69, 9.17) is 9.15 Å². The molecule has 22 heavy (non-hydrogen) atoms. The van der Waals surface area contributed by atoms with Gasteiger partial charge in [-0.1, -0.05) is 6.92 Å². The van der Waals surface area contributed by atoms with Crippen LogP contribution in [0.3, 0.4) is 0 Å². The van der Waals surface area contributed by atoms with Gasteiger partial charge < -0.3 is 9.15 Å². The summed E-state index contributed by atoms with van der Waals surface area (Å²) >= 11 is 0. The molecule has 0 saturated carbocycles. The molecule has 0 saturated heterocycles. The standard InChI is InChI=1S/C16H14FNO4/c1-9-6-12(19)15-13(7-9)21-8-14(15)22-16(20)18-11-4-2-10(17)3-5-11/h2-5,8-9H,6-7H2,1H3,(H,18,20). The monoisotopic (exact) mass is 303 g/mol. The molecule has 1 aliphatic carbocycles. The summed E-state index contributed by atoms with van der Waals surface area (Å²) in [7, 11) is 0. The first-order valence-corrected chi connectivity index (χ1v) is 6.91. The maximum absolute atomic E-state index is 12.8. The summed E-state index contributed by atoms with van der Waals surface area (Å²) in [5.41, 5.74) is 0.732. The second-order valence-corrected chi connectivity index (χ2v) is 5.36. The molecular formula is C16H14FNO4. The van der Waals surface area contributed by atoms with Crippen molar-refractivity contribution in [1.29, 1.82) is 0 Å². The number of benzene rings is 1. The van der Waals surface area contributed by atoms with Gasteiger partial charge in [0.1, 0.15) is 23.4 Å². The largest absolute Gasteiger partial charge is 0.465 e. The molecule has 1 unspecified atom stereocenters. The molecule has 3 rings (SSSR count). The second kappa shape index (κ2) is 5.63. The van der Waals surface area contributed by atoms with Crippen LogP contribution in [-0.4, -0.2) is 11.9 Å². The third kappa shape index (κ3) is 2.86. The van der Waals surface area contributed by atoms with E-state index < -0.39 is 11.9 Å². The molecule has 5 nitrogen and oxygen atoms in total. The molecule has 1 amide bonds. The lowest BCUT2D eigenvalue weighted by atomic mass is 9.88. The molecule has 2 aromatic rings.